The second-order valence-corrected chi connectivity index (χ2v) is 5.70. The van der Waals surface area contributed by atoms with Gasteiger partial charge in [-0.05, 0) is 60.6 Å². The molecule has 22 heavy (non-hydrogen) atoms. The predicted molar refractivity (Wildman–Crippen MR) is 92.1 cm³/mol. The number of aryl methyl sites for hydroxylation is 4. The Labute approximate surface area is 134 Å². The van der Waals surface area contributed by atoms with Crippen LogP contribution in [0.5, 0.6) is 11.5 Å². The van der Waals surface area contributed by atoms with Gasteiger partial charge in [-0.3, -0.25) is 0 Å². The molecule has 0 aliphatic carbocycles. The molecule has 0 aliphatic rings. The molecule has 0 atom stereocenters. The van der Waals surface area contributed by atoms with Crippen LogP contribution in [-0.2, 0) is 19.3 Å². The zero-order chi connectivity index (χ0) is 15.9. The molecule has 0 heterocycles. The van der Waals surface area contributed by atoms with E-state index >= 15 is 0 Å². The molecule has 0 saturated heterocycles. The number of benzene rings is 2. The van der Waals surface area contributed by atoms with E-state index < -0.39 is 0 Å². The maximum absolute atomic E-state index is 5.51. The number of methoxy groups -OCH3 is 2. The molecule has 0 bridgehead atoms. The van der Waals surface area contributed by atoms with E-state index in [1.54, 1.807) is 14.2 Å². The Hall–Kier alpha value is -1.96. The first-order valence-electron chi connectivity index (χ1n) is 7.97. The lowest BCUT2D eigenvalue weighted by atomic mass is 10.00. The van der Waals surface area contributed by atoms with E-state index in [9.17, 15) is 0 Å². The number of rotatable bonds is 7. The van der Waals surface area contributed by atoms with Gasteiger partial charge in [0, 0.05) is 0 Å². The highest BCUT2D eigenvalue weighted by atomic mass is 16.5. The fourth-order valence-electron chi connectivity index (χ4n) is 2.75. The molecule has 118 valence electrons. The van der Waals surface area contributed by atoms with E-state index in [1.165, 1.54) is 23.1 Å². The third-order valence-electron chi connectivity index (χ3n) is 4.04. The number of ether oxygens (including phenoxy) is 2. The van der Waals surface area contributed by atoms with E-state index in [0.717, 1.165) is 36.3 Å². The number of hydrogen-bond acceptors (Lipinski definition) is 2. The first kappa shape index (κ1) is 16.4. The van der Waals surface area contributed by atoms with E-state index in [0.29, 0.717) is 0 Å². The summed E-state index contributed by atoms with van der Waals surface area (Å²) in [6, 6.07) is 13.1. The smallest absolute Gasteiger partial charge is 0.122 e. The van der Waals surface area contributed by atoms with E-state index in [1.807, 2.05) is 6.92 Å². The van der Waals surface area contributed by atoms with Crippen molar-refractivity contribution in [3.05, 3.63) is 58.7 Å². The number of hydrogen-bond donors (Lipinski definition) is 0. The van der Waals surface area contributed by atoms with Crippen molar-refractivity contribution in [1.29, 1.82) is 0 Å². The Balaban J connectivity index is 2.10. The van der Waals surface area contributed by atoms with Gasteiger partial charge in [-0.1, -0.05) is 37.6 Å². The van der Waals surface area contributed by atoms with Crippen molar-refractivity contribution in [2.24, 2.45) is 0 Å². The molecule has 2 heteroatoms. The van der Waals surface area contributed by atoms with Crippen LogP contribution in [0.25, 0.3) is 0 Å². The van der Waals surface area contributed by atoms with Crippen LogP contribution < -0.4 is 9.47 Å². The van der Waals surface area contributed by atoms with Crippen LogP contribution >= 0.6 is 0 Å². The topological polar surface area (TPSA) is 18.5 Å². The zero-order valence-electron chi connectivity index (χ0n) is 14.1. The van der Waals surface area contributed by atoms with Gasteiger partial charge < -0.3 is 9.47 Å². The lowest BCUT2D eigenvalue weighted by Crippen LogP contribution is -1.98. The normalized spacial score (nSPS) is 10.5. The highest BCUT2D eigenvalue weighted by Gasteiger charge is 2.09. The summed E-state index contributed by atoms with van der Waals surface area (Å²) in [5.41, 5.74) is 5.08. The Bertz CT molecular complexity index is 600. The van der Waals surface area contributed by atoms with Crippen LogP contribution in [0.3, 0.4) is 0 Å². The van der Waals surface area contributed by atoms with E-state index in [4.69, 9.17) is 9.47 Å². The molecule has 0 saturated carbocycles. The Morgan fingerprint density at radius 3 is 1.91 bits per heavy atom. The first-order chi connectivity index (χ1) is 10.7. The molecule has 0 N–H and O–H groups in total. The quantitative estimate of drug-likeness (QED) is 0.734. The summed E-state index contributed by atoms with van der Waals surface area (Å²) >= 11 is 0. The summed E-state index contributed by atoms with van der Waals surface area (Å²) in [6.07, 6.45) is 4.31. The molecule has 0 unspecified atom stereocenters. The minimum Gasteiger partial charge on any atom is -0.496 e. The van der Waals surface area contributed by atoms with Gasteiger partial charge in [0.05, 0.1) is 14.2 Å². The molecule has 0 aliphatic heterocycles. The Kier molecular flexibility index (Phi) is 5.88. The second-order valence-electron chi connectivity index (χ2n) is 5.70. The summed E-state index contributed by atoms with van der Waals surface area (Å²) in [6.45, 7) is 4.25. The average Bonchev–Trinajstić information content (AvgIpc) is 2.55. The van der Waals surface area contributed by atoms with Gasteiger partial charge in [0.2, 0.25) is 0 Å². The minimum atomic E-state index is 0.925. The van der Waals surface area contributed by atoms with Gasteiger partial charge in [0.15, 0.2) is 0 Å². The van der Waals surface area contributed by atoms with Crippen molar-refractivity contribution in [2.45, 2.75) is 39.5 Å². The van der Waals surface area contributed by atoms with Crippen molar-refractivity contribution in [2.75, 3.05) is 14.2 Å². The maximum atomic E-state index is 5.51. The zero-order valence-corrected chi connectivity index (χ0v) is 14.1. The predicted octanol–water partition coefficient (Wildman–Crippen LogP) is 4.75. The van der Waals surface area contributed by atoms with Crippen LogP contribution in [0.4, 0.5) is 0 Å². The summed E-state index contributed by atoms with van der Waals surface area (Å²) in [5, 5.41) is 0. The van der Waals surface area contributed by atoms with Crippen molar-refractivity contribution in [3.8, 4) is 11.5 Å². The van der Waals surface area contributed by atoms with Crippen molar-refractivity contribution < 1.29 is 9.47 Å². The van der Waals surface area contributed by atoms with Crippen LogP contribution in [0.15, 0.2) is 36.4 Å². The summed E-state index contributed by atoms with van der Waals surface area (Å²) in [7, 11) is 3.44. The van der Waals surface area contributed by atoms with Gasteiger partial charge in [0.25, 0.3) is 0 Å². The first-order valence-corrected chi connectivity index (χ1v) is 7.97. The molecule has 2 aromatic carbocycles. The third kappa shape index (κ3) is 4.03. The SMILES string of the molecule is CCCc1ccc(CCc2cc(OC)c(C)cc2OC)cc1. The fourth-order valence-corrected chi connectivity index (χ4v) is 2.75. The lowest BCUT2D eigenvalue weighted by molar-refractivity contribution is 0.396. The van der Waals surface area contributed by atoms with Gasteiger partial charge in [0.1, 0.15) is 11.5 Å². The highest BCUT2D eigenvalue weighted by molar-refractivity contribution is 5.46. The minimum absolute atomic E-state index is 0.925. The molecular weight excluding hydrogens is 272 g/mol. The van der Waals surface area contributed by atoms with E-state index in [2.05, 4.69) is 43.3 Å². The molecule has 2 nitrogen and oxygen atoms in total. The Morgan fingerprint density at radius 1 is 0.773 bits per heavy atom. The van der Waals surface area contributed by atoms with Gasteiger partial charge in [-0.15, -0.1) is 0 Å². The van der Waals surface area contributed by atoms with E-state index in [-0.39, 0.29) is 0 Å². The second kappa shape index (κ2) is 7.88. The molecule has 0 fully saturated rings. The molecule has 2 rings (SSSR count). The van der Waals surface area contributed by atoms with Gasteiger partial charge in [-0.25, -0.2) is 0 Å². The van der Waals surface area contributed by atoms with Crippen molar-refractivity contribution in [1.82, 2.24) is 0 Å². The molecule has 0 radical (unpaired) electrons. The summed E-state index contributed by atoms with van der Waals surface area (Å²) in [4.78, 5) is 0. The van der Waals surface area contributed by atoms with Crippen molar-refractivity contribution in [3.63, 3.8) is 0 Å². The highest BCUT2D eigenvalue weighted by Crippen LogP contribution is 2.29. The molecule has 0 amide bonds. The van der Waals surface area contributed by atoms with Gasteiger partial charge >= 0.3 is 0 Å². The van der Waals surface area contributed by atoms with Crippen molar-refractivity contribution >= 4 is 0 Å². The molecule has 0 aromatic heterocycles. The third-order valence-corrected chi connectivity index (χ3v) is 4.04. The maximum Gasteiger partial charge on any atom is 0.122 e. The fraction of sp³-hybridized carbons (Fsp3) is 0.400. The van der Waals surface area contributed by atoms with Crippen LogP contribution in [0.2, 0.25) is 0 Å². The summed E-state index contributed by atoms with van der Waals surface area (Å²) in [5.74, 6) is 1.87. The van der Waals surface area contributed by atoms with Crippen LogP contribution in [0, 0.1) is 6.92 Å². The monoisotopic (exact) mass is 298 g/mol. The largest absolute Gasteiger partial charge is 0.496 e. The average molecular weight is 298 g/mol. The van der Waals surface area contributed by atoms with Gasteiger partial charge in [-0.2, -0.15) is 0 Å². The lowest BCUT2D eigenvalue weighted by Gasteiger charge is -2.13. The standard InChI is InChI=1S/C20H26O2/c1-5-6-16-7-9-17(10-8-16)11-12-18-14-19(21-3)15(2)13-20(18)22-4/h7-10,13-14H,5-6,11-12H2,1-4H3. The molecular formula is C20H26O2. The molecule has 2 aromatic rings. The van der Waals surface area contributed by atoms with Crippen LogP contribution in [0.1, 0.15) is 35.6 Å². The summed E-state index contributed by atoms with van der Waals surface area (Å²) < 4.78 is 10.9. The molecule has 0 spiro atoms. The van der Waals surface area contributed by atoms with Crippen LogP contribution in [-0.4, -0.2) is 14.2 Å². The Morgan fingerprint density at radius 2 is 1.36 bits per heavy atom.